The molecule has 0 aliphatic heterocycles. The predicted molar refractivity (Wildman–Crippen MR) is 87.9 cm³/mol. The molecule has 0 aliphatic rings. The van der Waals surface area contributed by atoms with Crippen molar-refractivity contribution in [2.75, 3.05) is 7.11 Å². The van der Waals surface area contributed by atoms with Crippen LogP contribution in [0.1, 0.15) is 22.7 Å². The molecular weight excluding hydrogens is 361 g/mol. The minimum atomic E-state index is -0.364. The Balaban J connectivity index is 2.55. The lowest BCUT2D eigenvalue weighted by atomic mass is 9.97. The van der Waals surface area contributed by atoms with Crippen molar-refractivity contribution in [1.29, 1.82) is 0 Å². The molecular formula is C15H14BrCl2NO. The normalized spacial score (nSPS) is 12.3. The number of halogens is 3. The van der Waals surface area contributed by atoms with Crippen molar-refractivity contribution in [1.82, 2.24) is 0 Å². The zero-order chi connectivity index (χ0) is 14.9. The topological polar surface area (TPSA) is 35.2 Å². The van der Waals surface area contributed by atoms with Crippen LogP contribution in [0.5, 0.6) is 5.75 Å². The van der Waals surface area contributed by atoms with E-state index in [1.54, 1.807) is 13.2 Å². The number of methoxy groups -OCH3 is 1. The highest BCUT2D eigenvalue weighted by Gasteiger charge is 2.18. The Hall–Kier alpha value is -0.740. The second-order valence-corrected chi connectivity index (χ2v) is 6.28. The van der Waals surface area contributed by atoms with Crippen LogP contribution >= 0.6 is 39.1 Å². The third-order valence-electron chi connectivity index (χ3n) is 3.00. The van der Waals surface area contributed by atoms with Gasteiger partial charge in [-0.25, -0.2) is 0 Å². The maximum absolute atomic E-state index is 6.35. The van der Waals surface area contributed by atoms with Crippen molar-refractivity contribution in [3.8, 4) is 5.75 Å². The predicted octanol–water partition coefficient (Wildman–Crippen LogP) is 5.12. The van der Waals surface area contributed by atoms with Crippen LogP contribution in [0, 0.1) is 6.92 Å². The number of aryl methyl sites for hydroxylation is 1. The molecule has 2 aromatic carbocycles. The summed E-state index contributed by atoms with van der Waals surface area (Å²) in [4.78, 5) is 0. The molecule has 1 unspecified atom stereocenters. The monoisotopic (exact) mass is 373 g/mol. The third-order valence-corrected chi connectivity index (χ3v) is 4.03. The summed E-state index contributed by atoms with van der Waals surface area (Å²) >= 11 is 15.6. The molecule has 0 amide bonds. The van der Waals surface area contributed by atoms with E-state index < -0.39 is 0 Å². The average Bonchev–Trinajstić information content (AvgIpc) is 2.35. The first kappa shape index (κ1) is 15.6. The number of nitrogens with two attached hydrogens (primary N) is 1. The first-order valence-electron chi connectivity index (χ1n) is 5.98. The van der Waals surface area contributed by atoms with Crippen LogP contribution < -0.4 is 10.5 Å². The van der Waals surface area contributed by atoms with Crippen LogP contribution in [-0.4, -0.2) is 7.11 Å². The molecule has 1 atom stereocenters. The van der Waals surface area contributed by atoms with Crippen LogP contribution in [0.3, 0.4) is 0 Å². The average molecular weight is 375 g/mol. The van der Waals surface area contributed by atoms with Crippen LogP contribution in [0.25, 0.3) is 0 Å². The van der Waals surface area contributed by atoms with Crippen LogP contribution in [0.4, 0.5) is 0 Å². The number of hydrogen-bond acceptors (Lipinski definition) is 2. The molecule has 0 saturated carbocycles. The number of ether oxygens (including phenoxy) is 1. The summed E-state index contributed by atoms with van der Waals surface area (Å²) in [5.41, 5.74) is 9.14. The van der Waals surface area contributed by atoms with E-state index in [1.165, 1.54) is 0 Å². The first-order chi connectivity index (χ1) is 9.42. The molecule has 0 fully saturated rings. The molecule has 0 saturated heterocycles. The summed E-state index contributed by atoms with van der Waals surface area (Å²) in [7, 11) is 1.60. The van der Waals surface area contributed by atoms with E-state index in [0.29, 0.717) is 15.8 Å². The molecule has 2 aromatic rings. The second-order valence-electron chi connectivity index (χ2n) is 4.55. The molecule has 2 rings (SSSR count). The van der Waals surface area contributed by atoms with E-state index >= 15 is 0 Å². The molecule has 0 heterocycles. The lowest BCUT2D eigenvalue weighted by molar-refractivity contribution is 0.405. The third kappa shape index (κ3) is 3.29. The fourth-order valence-corrected chi connectivity index (χ4v) is 3.44. The van der Waals surface area contributed by atoms with Gasteiger partial charge in [-0.3, -0.25) is 0 Å². The van der Waals surface area contributed by atoms with Crippen molar-refractivity contribution in [3.05, 3.63) is 61.5 Å². The molecule has 5 heteroatoms. The molecule has 0 bridgehead atoms. The summed E-state index contributed by atoms with van der Waals surface area (Å²) in [5.74, 6) is 0.680. The van der Waals surface area contributed by atoms with Gasteiger partial charge in [0.15, 0.2) is 0 Å². The van der Waals surface area contributed by atoms with E-state index in [4.69, 9.17) is 33.7 Å². The zero-order valence-corrected chi connectivity index (χ0v) is 14.2. The summed E-state index contributed by atoms with van der Waals surface area (Å²) in [6.07, 6.45) is 0. The lowest BCUT2D eigenvalue weighted by Gasteiger charge is -2.18. The number of rotatable bonds is 3. The number of hydrogen-bond donors (Lipinski definition) is 1. The van der Waals surface area contributed by atoms with Crippen molar-refractivity contribution in [2.24, 2.45) is 5.73 Å². The number of benzene rings is 2. The van der Waals surface area contributed by atoms with Crippen LogP contribution in [-0.2, 0) is 0 Å². The minimum absolute atomic E-state index is 0.364. The summed E-state index contributed by atoms with van der Waals surface area (Å²) in [6, 6.07) is 8.98. The molecule has 0 spiro atoms. The SMILES string of the molecule is COc1c(Br)cc(Cl)cc1C(N)c1cc(C)cc(Cl)c1. The molecule has 20 heavy (non-hydrogen) atoms. The van der Waals surface area contributed by atoms with Crippen molar-refractivity contribution >= 4 is 39.1 Å². The molecule has 0 aromatic heterocycles. The van der Waals surface area contributed by atoms with Gasteiger partial charge in [0, 0.05) is 15.6 Å². The van der Waals surface area contributed by atoms with Gasteiger partial charge in [0.05, 0.1) is 17.6 Å². The quantitative estimate of drug-likeness (QED) is 0.808. The second kappa shape index (κ2) is 6.35. The fourth-order valence-electron chi connectivity index (χ4n) is 2.15. The van der Waals surface area contributed by atoms with Crippen molar-refractivity contribution < 1.29 is 4.74 Å². The highest BCUT2D eigenvalue weighted by molar-refractivity contribution is 9.10. The van der Waals surface area contributed by atoms with E-state index in [2.05, 4.69) is 15.9 Å². The van der Waals surface area contributed by atoms with Gasteiger partial charge in [-0.1, -0.05) is 29.3 Å². The highest BCUT2D eigenvalue weighted by Crippen LogP contribution is 2.37. The Labute approximate surface area is 137 Å². The smallest absolute Gasteiger partial charge is 0.138 e. The van der Waals surface area contributed by atoms with Gasteiger partial charge in [-0.2, -0.15) is 0 Å². The zero-order valence-electron chi connectivity index (χ0n) is 11.1. The van der Waals surface area contributed by atoms with E-state index in [1.807, 2.05) is 31.2 Å². The van der Waals surface area contributed by atoms with Crippen molar-refractivity contribution in [3.63, 3.8) is 0 Å². The van der Waals surface area contributed by atoms with Gasteiger partial charge in [-0.05, 0) is 58.2 Å². The van der Waals surface area contributed by atoms with E-state index in [0.717, 1.165) is 21.2 Å². The molecule has 2 nitrogen and oxygen atoms in total. The van der Waals surface area contributed by atoms with Gasteiger partial charge >= 0.3 is 0 Å². The van der Waals surface area contributed by atoms with Gasteiger partial charge in [0.25, 0.3) is 0 Å². The van der Waals surface area contributed by atoms with Gasteiger partial charge in [0.1, 0.15) is 5.75 Å². The Kier molecular flexibility index (Phi) is 4.97. The van der Waals surface area contributed by atoms with E-state index in [-0.39, 0.29) is 6.04 Å². The largest absolute Gasteiger partial charge is 0.495 e. The Morgan fingerprint density at radius 2 is 1.75 bits per heavy atom. The molecule has 2 N–H and O–H groups in total. The summed E-state index contributed by atoms with van der Waals surface area (Å²) < 4.78 is 6.19. The van der Waals surface area contributed by atoms with E-state index in [9.17, 15) is 0 Å². The van der Waals surface area contributed by atoms with Crippen LogP contribution in [0.2, 0.25) is 10.0 Å². The standard InChI is InChI=1S/C15H14BrCl2NO/c1-8-3-9(5-10(17)4-8)14(19)12-6-11(18)7-13(16)15(12)20-2/h3-7,14H,19H2,1-2H3. The van der Waals surface area contributed by atoms with Gasteiger partial charge in [-0.15, -0.1) is 0 Å². The Morgan fingerprint density at radius 1 is 1.10 bits per heavy atom. The van der Waals surface area contributed by atoms with Crippen molar-refractivity contribution in [2.45, 2.75) is 13.0 Å². The minimum Gasteiger partial charge on any atom is -0.495 e. The first-order valence-corrected chi connectivity index (χ1v) is 7.53. The summed E-state index contributed by atoms with van der Waals surface area (Å²) in [5, 5.41) is 1.26. The van der Waals surface area contributed by atoms with Gasteiger partial charge in [0.2, 0.25) is 0 Å². The molecule has 106 valence electrons. The maximum atomic E-state index is 6.35. The maximum Gasteiger partial charge on any atom is 0.138 e. The molecule has 0 radical (unpaired) electrons. The summed E-state index contributed by atoms with van der Waals surface area (Å²) in [6.45, 7) is 1.98. The fraction of sp³-hybridized carbons (Fsp3) is 0.200. The Morgan fingerprint density at radius 3 is 2.35 bits per heavy atom. The molecule has 0 aliphatic carbocycles. The lowest BCUT2D eigenvalue weighted by Crippen LogP contribution is -2.13. The van der Waals surface area contributed by atoms with Gasteiger partial charge < -0.3 is 10.5 Å². The highest BCUT2D eigenvalue weighted by atomic mass is 79.9. The Bertz CT molecular complexity index is 626. The van der Waals surface area contributed by atoms with Crippen LogP contribution in [0.15, 0.2) is 34.8 Å².